The van der Waals surface area contributed by atoms with Crippen LogP contribution in [-0.4, -0.2) is 5.97 Å². The van der Waals surface area contributed by atoms with Gasteiger partial charge in [0.05, 0.1) is 0 Å². The molecule has 0 aliphatic carbocycles. The molecule has 0 aromatic heterocycles. The number of rotatable bonds is 3. The van der Waals surface area contributed by atoms with Crippen LogP contribution in [0.4, 0.5) is 0 Å². The van der Waals surface area contributed by atoms with Crippen molar-refractivity contribution >= 4 is 5.97 Å². The van der Waals surface area contributed by atoms with E-state index in [1.54, 1.807) is 0 Å². The monoisotopic (exact) mass is 166 g/mol. The zero-order valence-corrected chi connectivity index (χ0v) is 7.38. The van der Waals surface area contributed by atoms with Gasteiger partial charge in [0, 0.05) is 12.8 Å². The minimum Gasteiger partial charge on any atom is -0.431 e. The summed E-state index contributed by atoms with van der Waals surface area (Å²) in [5.74, 6) is 0.748. The van der Waals surface area contributed by atoms with Gasteiger partial charge in [-0.25, -0.2) is 0 Å². The highest BCUT2D eigenvalue weighted by Gasteiger charge is 2.10. The van der Waals surface area contributed by atoms with E-state index in [9.17, 15) is 4.79 Å². The molecule has 1 rings (SSSR count). The van der Waals surface area contributed by atoms with Crippen LogP contribution in [0.25, 0.3) is 0 Å². The van der Waals surface area contributed by atoms with Gasteiger partial charge in [0.15, 0.2) is 0 Å². The maximum Gasteiger partial charge on any atom is 0.311 e. The zero-order chi connectivity index (χ0) is 8.81. The van der Waals surface area contributed by atoms with Crippen LogP contribution >= 0.6 is 0 Å². The quantitative estimate of drug-likeness (QED) is 0.475. The second kappa shape index (κ2) is 4.75. The van der Waals surface area contributed by atoms with Gasteiger partial charge in [0.25, 0.3) is 0 Å². The Bertz CT molecular complexity index is 214. The van der Waals surface area contributed by atoms with Crippen LogP contribution < -0.4 is 0 Å². The molecule has 0 bridgehead atoms. The predicted octanol–water partition coefficient (Wildman–Crippen LogP) is 2.56. The van der Waals surface area contributed by atoms with E-state index < -0.39 is 0 Å². The van der Waals surface area contributed by atoms with Crippen molar-refractivity contribution in [3.63, 3.8) is 0 Å². The van der Waals surface area contributed by atoms with Crippen molar-refractivity contribution < 1.29 is 9.53 Å². The van der Waals surface area contributed by atoms with Gasteiger partial charge in [-0.15, -0.1) is 0 Å². The molecule has 0 atom stereocenters. The lowest BCUT2D eigenvalue weighted by atomic mass is 10.1. The predicted molar refractivity (Wildman–Crippen MR) is 47.5 cm³/mol. The molecule has 0 saturated carbocycles. The summed E-state index contributed by atoms with van der Waals surface area (Å²) in [5.41, 5.74) is 0. The average Bonchev–Trinajstić information content (AvgIpc) is 2.05. The van der Waals surface area contributed by atoms with Gasteiger partial charge in [-0.2, -0.15) is 0 Å². The van der Waals surface area contributed by atoms with Crippen molar-refractivity contribution in [2.75, 3.05) is 0 Å². The van der Waals surface area contributed by atoms with Crippen LogP contribution in [0.1, 0.15) is 32.6 Å². The average molecular weight is 166 g/mol. The zero-order valence-electron chi connectivity index (χ0n) is 7.38. The molecule has 0 fully saturated rings. The van der Waals surface area contributed by atoms with E-state index in [0.29, 0.717) is 6.42 Å². The van der Waals surface area contributed by atoms with Crippen LogP contribution in [0.2, 0.25) is 0 Å². The van der Waals surface area contributed by atoms with Gasteiger partial charge in [-0.1, -0.05) is 12.2 Å². The number of cyclic esters (lactones) is 1. The lowest BCUT2D eigenvalue weighted by molar-refractivity contribution is -0.140. The Labute approximate surface area is 72.9 Å². The summed E-state index contributed by atoms with van der Waals surface area (Å²) in [6.07, 6.45) is 9.25. The SMILES string of the molecule is C/C=C\CCC1=CCCC(=O)O1. The number of allylic oxidation sites excluding steroid dienone is 4. The molecule has 0 saturated heterocycles. The molecule has 1 aliphatic heterocycles. The number of carbonyl (C=O) groups excluding carboxylic acids is 1. The smallest absolute Gasteiger partial charge is 0.311 e. The van der Waals surface area contributed by atoms with E-state index in [1.807, 2.05) is 19.1 Å². The summed E-state index contributed by atoms with van der Waals surface area (Å²) in [7, 11) is 0. The fraction of sp³-hybridized carbons (Fsp3) is 0.500. The van der Waals surface area contributed by atoms with Crippen LogP contribution in [0.5, 0.6) is 0 Å². The first kappa shape index (κ1) is 9.04. The van der Waals surface area contributed by atoms with Gasteiger partial charge >= 0.3 is 5.97 Å². The highest BCUT2D eigenvalue weighted by Crippen LogP contribution is 2.15. The normalized spacial score (nSPS) is 17.8. The molecular formula is C10H14O2. The molecule has 0 unspecified atom stereocenters. The first-order valence-electron chi connectivity index (χ1n) is 4.34. The van der Waals surface area contributed by atoms with Crippen molar-refractivity contribution in [1.29, 1.82) is 0 Å². The largest absolute Gasteiger partial charge is 0.431 e. The van der Waals surface area contributed by atoms with Gasteiger partial charge < -0.3 is 4.74 Å². The van der Waals surface area contributed by atoms with Crippen LogP contribution in [-0.2, 0) is 9.53 Å². The number of carbonyl (C=O) groups is 1. The molecule has 2 nitrogen and oxygen atoms in total. The second-order valence-electron chi connectivity index (χ2n) is 2.79. The molecule has 66 valence electrons. The Balaban J connectivity index is 2.31. The highest BCUT2D eigenvalue weighted by atomic mass is 16.5. The molecule has 1 aliphatic rings. The Morgan fingerprint density at radius 2 is 2.50 bits per heavy atom. The molecule has 2 heteroatoms. The molecule has 0 amide bonds. The Morgan fingerprint density at radius 1 is 1.67 bits per heavy atom. The number of hydrogen-bond acceptors (Lipinski definition) is 2. The van der Waals surface area contributed by atoms with Gasteiger partial charge in [-0.3, -0.25) is 4.79 Å². The van der Waals surface area contributed by atoms with E-state index in [4.69, 9.17) is 4.74 Å². The molecule has 0 spiro atoms. The van der Waals surface area contributed by atoms with Crippen molar-refractivity contribution in [3.05, 3.63) is 24.0 Å². The summed E-state index contributed by atoms with van der Waals surface area (Å²) >= 11 is 0. The third-order valence-electron chi connectivity index (χ3n) is 1.76. The lowest BCUT2D eigenvalue weighted by Crippen LogP contribution is -2.08. The topological polar surface area (TPSA) is 26.3 Å². The standard InChI is InChI=1S/C10H14O2/c1-2-3-4-6-9-7-5-8-10(11)12-9/h2-3,7H,4-6,8H2,1H3/b3-2-. The van der Waals surface area contributed by atoms with Gasteiger partial charge in [0.2, 0.25) is 0 Å². The minimum absolute atomic E-state index is 0.0898. The molecule has 1 heterocycles. The number of hydrogen-bond donors (Lipinski definition) is 0. The summed E-state index contributed by atoms with van der Waals surface area (Å²) in [4.78, 5) is 10.8. The van der Waals surface area contributed by atoms with Gasteiger partial charge in [0.1, 0.15) is 5.76 Å². The summed E-state index contributed by atoms with van der Waals surface area (Å²) < 4.78 is 5.02. The molecule has 0 N–H and O–H groups in total. The highest BCUT2D eigenvalue weighted by molar-refractivity contribution is 5.71. The maximum absolute atomic E-state index is 10.8. The van der Waals surface area contributed by atoms with Crippen LogP contribution in [0.15, 0.2) is 24.0 Å². The molecule has 0 aromatic carbocycles. The van der Waals surface area contributed by atoms with E-state index >= 15 is 0 Å². The van der Waals surface area contributed by atoms with E-state index in [-0.39, 0.29) is 5.97 Å². The van der Waals surface area contributed by atoms with Crippen molar-refractivity contribution in [2.45, 2.75) is 32.6 Å². The van der Waals surface area contributed by atoms with Crippen molar-refractivity contribution in [2.24, 2.45) is 0 Å². The van der Waals surface area contributed by atoms with Crippen molar-refractivity contribution in [1.82, 2.24) is 0 Å². The molecule has 0 radical (unpaired) electrons. The van der Waals surface area contributed by atoms with E-state index in [0.717, 1.165) is 25.0 Å². The Kier molecular flexibility index (Phi) is 3.58. The molecule has 0 aromatic rings. The first-order chi connectivity index (χ1) is 5.83. The van der Waals surface area contributed by atoms with E-state index in [1.165, 1.54) is 0 Å². The van der Waals surface area contributed by atoms with Crippen molar-refractivity contribution in [3.8, 4) is 0 Å². The van der Waals surface area contributed by atoms with Gasteiger partial charge in [-0.05, 0) is 25.8 Å². The third kappa shape index (κ3) is 2.91. The summed E-state index contributed by atoms with van der Waals surface area (Å²) in [5, 5.41) is 0. The minimum atomic E-state index is -0.0898. The molecule has 12 heavy (non-hydrogen) atoms. The fourth-order valence-electron chi connectivity index (χ4n) is 1.14. The first-order valence-corrected chi connectivity index (χ1v) is 4.34. The molecular weight excluding hydrogens is 152 g/mol. The fourth-order valence-corrected chi connectivity index (χ4v) is 1.14. The van der Waals surface area contributed by atoms with Crippen LogP contribution in [0, 0.1) is 0 Å². The second-order valence-corrected chi connectivity index (χ2v) is 2.79. The third-order valence-corrected chi connectivity index (χ3v) is 1.76. The Hall–Kier alpha value is -1.05. The van der Waals surface area contributed by atoms with E-state index in [2.05, 4.69) is 6.08 Å². The lowest BCUT2D eigenvalue weighted by Gasteiger charge is -2.11. The summed E-state index contributed by atoms with van der Waals surface area (Å²) in [6, 6.07) is 0. The van der Waals surface area contributed by atoms with Crippen LogP contribution in [0.3, 0.4) is 0 Å². The number of ether oxygens (including phenoxy) is 1. The maximum atomic E-state index is 10.8. The Morgan fingerprint density at radius 3 is 3.17 bits per heavy atom. The number of esters is 1. The summed E-state index contributed by atoms with van der Waals surface area (Å²) in [6.45, 7) is 1.99.